The van der Waals surface area contributed by atoms with E-state index in [1.54, 1.807) is 23.1 Å². The van der Waals surface area contributed by atoms with Gasteiger partial charge < -0.3 is 15.3 Å². The number of hydrogen-bond donors (Lipinski definition) is 2. The SMILES string of the molecule is O=C(O)c1nccnc1C(=O)NC1CCN(C(=O)c2c(Cl)cccc2Cl)CC1. The second kappa shape index (κ2) is 8.53. The Bertz CT molecular complexity index is 909. The van der Waals surface area contributed by atoms with Gasteiger partial charge in [-0.15, -0.1) is 0 Å². The lowest BCUT2D eigenvalue weighted by atomic mass is 10.0. The molecule has 2 N–H and O–H groups in total. The van der Waals surface area contributed by atoms with Crippen molar-refractivity contribution in [2.24, 2.45) is 0 Å². The van der Waals surface area contributed by atoms with Gasteiger partial charge in [0.15, 0.2) is 11.4 Å². The highest BCUT2D eigenvalue weighted by Gasteiger charge is 2.28. The summed E-state index contributed by atoms with van der Waals surface area (Å²) in [5.41, 5.74) is -0.378. The van der Waals surface area contributed by atoms with E-state index in [4.69, 9.17) is 28.3 Å². The summed E-state index contributed by atoms with van der Waals surface area (Å²) in [7, 11) is 0. The van der Waals surface area contributed by atoms with Gasteiger partial charge in [-0.25, -0.2) is 14.8 Å². The monoisotopic (exact) mass is 422 g/mol. The van der Waals surface area contributed by atoms with Crippen LogP contribution in [0.2, 0.25) is 10.0 Å². The Kier molecular flexibility index (Phi) is 6.11. The van der Waals surface area contributed by atoms with Crippen molar-refractivity contribution >= 4 is 41.0 Å². The zero-order valence-electron chi connectivity index (χ0n) is 14.6. The summed E-state index contributed by atoms with van der Waals surface area (Å²) in [6, 6.07) is 4.66. The quantitative estimate of drug-likeness (QED) is 0.782. The summed E-state index contributed by atoms with van der Waals surface area (Å²) in [5.74, 6) is -2.19. The van der Waals surface area contributed by atoms with Crippen molar-refractivity contribution in [2.45, 2.75) is 18.9 Å². The van der Waals surface area contributed by atoms with Crippen molar-refractivity contribution in [3.63, 3.8) is 0 Å². The molecule has 0 atom stereocenters. The highest BCUT2D eigenvalue weighted by atomic mass is 35.5. The molecule has 0 bridgehead atoms. The Hall–Kier alpha value is -2.71. The molecule has 2 aromatic rings. The molecule has 1 aliphatic rings. The second-order valence-corrected chi connectivity index (χ2v) is 7.01. The maximum absolute atomic E-state index is 12.7. The molecule has 2 amide bonds. The van der Waals surface area contributed by atoms with E-state index in [0.717, 1.165) is 0 Å². The molecule has 8 nitrogen and oxygen atoms in total. The van der Waals surface area contributed by atoms with Crippen LogP contribution in [0.1, 0.15) is 44.2 Å². The minimum Gasteiger partial charge on any atom is -0.476 e. The van der Waals surface area contributed by atoms with Gasteiger partial charge >= 0.3 is 5.97 Å². The number of benzene rings is 1. The van der Waals surface area contributed by atoms with E-state index in [0.29, 0.717) is 25.9 Å². The molecule has 0 spiro atoms. The van der Waals surface area contributed by atoms with Gasteiger partial charge in [0.25, 0.3) is 11.8 Å². The topological polar surface area (TPSA) is 112 Å². The smallest absolute Gasteiger partial charge is 0.356 e. The molecule has 1 aliphatic heterocycles. The van der Waals surface area contributed by atoms with Gasteiger partial charge in [-0.1, -0.05) is 29.3 Å². The van der Waals surface area contributed by atoms with Crippen LogP contribution in [0.3, 0.4) is 0 Å². The van der Waals surface area contributed by atoms with Crippen molar-refractivity contribution in [3.05, 3.63) is 57.6 Å². The summed E-state index contributed by atoms with van der Waals surface area (Å²) >= 11 is 12.2. The van der Waals surface area contributed by atoms with Gasteiger partial charge in [-0.05, 0) is 25.0 Å². The maximum atomic E-state index is 12.7. The van der Waals surface area contributed by atoms with Crippen LogP contribution in [-0.4, -0.2) is 56.9 Å². The standard InChI is InChI=1S/C18H16Cl2N4O4/c19-11-2-1-3-12(20)13(11)17(26)24-8-4-10(5-9-24)23-16(25)14-15(18(27)28)22-7-6-21-14/h1-3,6-7,10H,4-5,8-9H2,(H,23,25)(H,27,28). The molecule has 1 saturated heterocycles. The lowest BCUT2D eigenvalue weighted by Gasteiger charge is -2.32. The first-order valence-electron chi connectivity index (χ1n) is 8.47. The summed E-state index contributed by atoms with van der Waals surface area (Å²) in [5, 5.41) is 12.5. The van der Waals surface area contributed by atoms with Crippen molar-refractivity contribution in [3.8, 4) is 0 Å². The first-order chi connectivity index (χ1) is 13.4. The van der Waals surface area contributed by atoms with Gasteiger partial charge in [0.1, 0.15) is 0 Å². The Balaban J connectivity index is 1.62. The molecular formula is C18H16Cl2N4O4. The van der Waals surface area contributed by atoms with Crippen LogP contribution in [-0.2, 0) is 0 Å². The number of nitrogens with zero attached hydrogens (tertiary/aromatic N) is 3. The van der Waals surface area contributed by atoms with E-state index in [-0.39, 0.29) is 33.3 Å². The predicted octanol–water partition coefficient (Wildman–Crippen LogP) is 2.52. The third kappa shape index (κ3) is 4.23. The molecule has 1 aromatic carbocycles. The number of aromatic nitrogens is 2. The predicted molar refractivity (Wildman–Crippen MR) is 102 cm³/mol. The summed E-state index contributed by atoms with van der Waals surface area (Å²) < 4.78 is 0. The Morgan fingerprint density at radius 1 is 1.04 bits per heavy atom. The van der Waals surface area contributed by atoms with E-state index >= 15 is 0 Å². The van der Waals surface area contributed by atoms with Crippen LogP contribution in [0.4, 0.5) is 0 Å². The lowest BCUT2D eigenvalue weighted by Crippen LogP contribution is -2.47. The minimum atomic E-state index is -1.32. The van der Waals surface area contributed by atoms with Crippen molar-refractivity contribution in [1.29, 1.82) is 0 Å². The number of likely N-dealkylation sites (tertiary alicyclic amines) is 1. The average molecular weight is 423 g/mol. The highest BCUT2D eigenvalue weighted by molar-refractivity contribution is 6.39. The molecule has 10 heteroatoms. The van der Waals surface area contributed by atoms with Crippen LogP contribution in [0, 0.1) is 0 Å². The molecule has 3 rings (SSSR count). The largest absolute Gasteiger partial charge is 0.476 e. The van der Waals surface area contributed by atoms with Gasteiger partial charge in [-0.3, -0.25) is 9.59 Å². The summed E-state index contributed by atoms with van der Waals surface area (Å²) in [4.78, 5) is 45.4. The average Bonchev–Trinajstić information content (AvgIpc) is 2.68. The minimum absolute atomic E-state index is 0.220. The van der Waals surface area contributed by atoms with Gasteiger partial charge in [0.2, 0.25) is 0 Å². The molecule has 1 fully saturated rings. The van der Waals surface area contributed by atoms with E-state index < -0.39 is 17.6 Å². The molecule has 0 radical (unpaired) electrons. The van der Waals surface area contributed by atoms with Crippen LogP contribution in [0.25, 0.3) is 0 Å². The fourth-order valence-corrected chi connectivity index (χ4v) is 3.56. The van der Waals surface area contributed by atoms with E-state index in [9.17, 15) is 14.4 Å². The van der Waals surface area contributed by atoms with Crippen LogP contribution in [0.5, 0.6) is 0 Å². The van der Waals surface area contributed by atoms with Crippen molar-refractivity contribution in [1.82, 2.24) is 20.2 Å². The van der Waals surface area contributed by atoms with Gasteiger partial charge in [0, 0.05) is 31.5 Å². The van der Waals surface area contributed by atoms with Crippen LogP contribution in [0.15, 0.2) is 30.6 Å². The van der Waals surface area contributed by atoms with Crippen molar-refractivity contribution in [2.75, 3.05) is 13.1 Å². The molecule has 1 aromatic heterocycles. The first-order valence-corrected chi connectivity index (χ1v) is 9.22. The maximum Gasteiger partial charge on any atom is 0.356 e. The Morgan fingerprint density at radius 2 is 1.61 bits per heavy atom. The Labute approximate surface area is 170 Å². The third-order valence-electron chi connectivity index (χ3n) is 4.41. The number of rotatable bonds is 4. The summed E-state index contributed by atoms with van der Waals surface area (Å²) in [6.07, 6.45) is 3.48. The molecule has 0 aliphatic carbocycles. The first kappa shape index (κ1) is 20.0. The Morgan fingerprint density at radius 3 is 2.18 bits per heavy atom. The molecule has 0 unspecified atom stereocenters. The number of aromatic carboxylic acids is 1. The molecule has 146 valence electrons. The van der Waals surface area contributed by atoms with Crippen LogP contribution < -0.4 is 5.32 Å². The van der Waals surface area contributed by atoms with E-state index in [1.807, 2.05) is 0 Å². The number of carboxylic acids is 1. The van der Waals surface area contributed by atoms with E-state index in [1.165, 1.54) is 12.4 Å². The van der Waals surface area contributed by atoms with Gasteiger partial charge in [-0.2, -0.15) is 0 Å². The van der Waals surface area contributed by atoms with Crippen LogP contribution >= 0.6 is 23.2 Å². The van der Waals surface area contributed by atoms with E-state index in [2.05, 4.69) is 15.3 Å². The highest BCUT2D eigenvalue weighted by Crippen LogP contribution is 2.27. The normalized spacial score (nSPS) is 14.6. The number of halogens is 2. The number of nitrogens with one attached hydrogen (secondary N) is 1. The zero-order valence-corrected chi connectivity index (χ0v) is 16.1. The third-order valence-corrected chi connectivity index (χ3v) is 5.04. The number of hydrogen-bond acceptors (Lipinski definition) is 5. The summed E-state index contributed by atoms with van der Waals surface area (Å²) in [6.45, 7) is 0.801. The molecule has 28 heavy (non-hydrogen) atoms. The lowest BCUT2D eigenvalue weighted by molar-refractivity contribution is 0.0669. The number of carbonyl (C=O) groups excluding carboxylic acids is 2. The fourth-order valence-electron chi connectivity index (χ4n) is 3.00. The number of amides is 2. The molecule has 0 saturated carbocycles. The zero-order chi connectivity index (χ0) is 20.3. The molecular weight excluding hydrogens is 407 g/mol. The van der Waals surface area contributed by atoms with Crippen molar-refractivity contribution < 1.29 is 19.5 Å². The number of carboxylic acid groups (broad SMARTS) is 1. The van der Waals surface area contributed by atoms with Gasteiger partial charge in [0.05, 0.1) is 15.6 Å². The second-order valence-electron chi connectivity index (χ2n) is 6.20. The number of carbonyl (C=O) groups is 3. The molecule has 2 heterocycles. The fraction of sp³-hybridized carbons (Fsp3) is 0.278. The number of piperidine rings is 1.